The molecule has 27 heteroatoms. The number of carboxylic acid groups (broad SMARTS) is 1. The van der Waals surface area contributed by atoms with Gasteiger partial charge in [0.25, 0.3) is 0 Å². The number of aliphatic hydroxyl groups excluding tert-OH is 1. The molecule has 0 aliphatic carbocycles. The Hall–Kier alpha value is -8.04. The average Bonchev–Trinajstić information content (AvgIpc) is 3.37. The maximum absolute atomic E-state index is 14.4. The lowest BCUT2D eigenvalue weighted by Gasteiger charge is -2.28. The first kappa shape index (κ1) is 66.1. The van der Waals surface area contributed by atoms with E-state index in [4.69, 9.17) is 22.9 Å². The number of nitrogens with one attached hydrogen (secondary N) is 9. The lowest BCUT2D eigenvalue weighted by Crippen LogP contribution is -2.61. The van der Waals surface area contributed by atoms with Crippen LogP contribution in [0, 0.1) is 11.8 Å². The largest absolute Gasteiger partial charge is 0.480 e. The first-order valence-electron chi connectivity index (χ1n) is 25.4. The van der Waals surface area contributed by atoms with Crippen LogP contribution in [-0.4, -0.2) is 155 Å². The Kier molecular flexibility index (Phi) is 28.7. The molecular weight excluding hydrogens is 1020 g/mol. The highest BCUT2D eigenvalue weighted by Gasteiger charge is 2.36. The van der Waals surface area contributed by atoms with Crippen molar-refractivity contribution in [3.63, 3.8) is 0 Å². The number of aliphatic hydroxyl groups is 1. The van der Waals surface area contributed by atoms with Crippen molar-refractivity contribution in [1.82, 2.24) is 47.9 Å². The zero-order valence-corrected chi connectivity index (χ0v) is 44.5. The number of hydrogen-bond acceptors (Lipinski definition) is 15. The number of rotatable bonds is 35. The van der Waals surface area contributed by atoms with E-state index in [1.54, 1.807) is 88.4 Å². The van der Waals surface area contributed by atoms with Gasteiger partial charge in [-0.2, -0.15) is 0 Å². The van der Waals surface area contributed by atoms with Crippen LogP contribution in [0.25, 0.3) is 0 Å². The first-order valence-corrected chi connectivity index (χ1v) is 25.4. The van der Waals surface area contributed by atoms with E-state index in [9.17, 15) is 67.7 Å². The zero-order valence-electron chi connectivity index (χ0n) is 44.5. The Labute approximate surface area is 452 Å². The molecule has 2 aromatic rings. The second-order valence-electron chi connectivity index (χ2n) is 19.2. The van der Waals surface area contributed by atoms with Gasteiger partial charge in [-0.25, -0.2) is 4.79 Å². The molecule has 0 saturated carbocycles. The summed E-state index contributed by atoms with van der Waals surface area (Å²) in [6.07, 6.45) is -2.32. The molecule has 430 valence electrons. The van der Waals surface area contributed by atoms with Gasteiger partial charge in [-0.05, 0) is 62.1 Å². The van der Waals surface area contributed by atoms with Crippen LogP contribution in [0.15, 0.2) is 60.7 Å². The maximum atomic E-state index is 14.4. The Morgan fingerprint density at radius 1 is 0.474 bits per heavy atom. The van der Waals surface area contributed by atoms with Crippen molar-refractivity contribution in [2.75, 3.05) is 19.6 Å². The van der Waals surface area contributed by atoms with Gasteiger partial charge in [-0.1, -0.05) is 88.4 Å². The van der Waals surface area contributed by atoms with Crippen LogP contribution in [0.5, 0.6) is 0 Å². The zero-order chi connectivity index (χ0) is 58.6. The third-order valence-electron chi connectivity index (χ3n) is 11.9. The summed E-state index contributed by atoms with van der Waals surface area (Å²) in [5.74, 6) is -12.6. The van der Waals surface area contributed by atoms with E-state index < -0.39 is 157 Å². The van der Waals surface area contributed by atoms with Gasteiger partial charge in [0.05, 0.1) is 25.6 Å². The van der Waals surface area contributed by atoms with Crippen LogP contribution in [0.4, 0.5) is 0 Å². The van der Waals surface area contributed by atoms with Crippen molar-refractivity contribution in [3.8, 4) is 0 Å². The van der Waals surface area contributed by atoms with Gasteiger partial charge >= 0.3 is 5.97 Å². The summed E-state index contributed by atoms with van der Waals surface area (Å²) in [6.45, 7) is 6.47. The van der Waals surface area contributed by atoms with Gasteiger partial charge in [-0.3, -0.25) is 52.7 Å². The minimum Gasteiger partial charge on any atom is -0.480 e. The number of nitrogens with two attached hydrogens (primary N) is 4. The predicted octanol–water partition coefficient (Wildman–Crippen LogP) is -4.53. The van der Waals surface area contributed by atoms with Gasteiger partial charge in [0.2, 0.25) is 65.0 Å². The van der Waals surface area contributed by atoms with E-state index >= 15 is 0 Å². The van der Waals surface area contributed by atoms with Crippen LogP contribution < -0.4 is 70.8 Å². The number of carbonyl (C=O) groups excluding carboxylic acids is 11. The topological polar surface area (TPSA) is 458 Å². The molecule has 19 N–H and O–H groups in total. The lowest BCUT2D eigenvalue weighted by molar-refractivity contribution is -0.145. The smallest absolute Gasteiger partial charge is 0.328 e. The number of aliphatic carboxylic acids is 1. The highest BCUT2D eigenvalue weighted by Crippen LogP contribution is 2.12. The highest BCUT2D eigenvalue weighted by molar-refractivity contribution is 5.99. The SMILES string of the molecule is CC(C)[C@H](NC(=O)[C@H](CCC(N)=O)NC(=O)CN)C(=O)N[C@@H](CC(N)=O)C(=O)N[C@@H](Cc1ccccc1)C(=O)N[C@@H](Cc1ccccc1)C(=O)NCC(=O)N[C@@H](CCCCN)C(=O)N[C@H](C(=O)N[C@H](C(=O)O)[C@@H](C)O)C(C)C. The first-order chi connectivity index (χ1) is 36.8. The molecule has 0 saturated heterocycles. The molecule has 0 bridgehead atoms. The molecule has 2 rings (SSSR count). The Balaban J connectivity index is 2.43. The molecule has 0 aliphatic heterocycles. The van der Waals surface area contributed by atoms with Crippen molar-refractivity contribution < 1.29 is 67.7 Å². The molecular formula is C51H77N13O14. The summed E-state index contributed by atoms with van der Waals surface area (Å²) >= 11 is 0. The van der Waals surface area contributed by atoms with E-state index in [0.29, 0.717) is 24.0 Å². The van der Waals surface area contributed by atoms with Crippen molar-refractivity contribution in [2.45, 2.75) is 140 Å². The summed E-state index contributed by atoms with van der Waals surface area (Å²) in [6, 6.07) is 5.11. The summed E-state index contributed by atoms with van der Waals surface area (Å²) in [7, 11) is 0. The van der Waals surface area contributed by atoms with Crippen LogP contribution in [0.2, 0.25) is 0 Å². The second kappa shape index (κ2) is 33.9. The fourth-order valence-electron chi connectivity index (χ4n) is 7.65. The van der Waals surface area contributed by atoms with Crippen LogP contribution >= 0.6 is 0 Å². The van der Waals surface area contributed by atoms with E-state index in [1.165, 1.54) is 6.92 Å². The summed E-state index contributed by atoms with van der Waals surface area (Å²) in [5, 5.41) is 41.6. The van der Waals surface area contributed by atoms with E-state index in [0.717, 1.165) is 0 Å². The minimum atomic E-state index is -1.74. The molecule has 27 nitrogen and oxygen atoms in total. The molecule has 0 aromatic heterocycles. The number of hydrogen-bond donors (Lipinski definition) is 15. The molecule has 0 heterocycles. The molecule has 11 amide bonds. The molecule has 0 spiro atoms. The normalized spacial score (nSPS) is 14.5. The van der Waals surface area contributed by atoms with Crippen LogP contribution in [0.1, 0.15) is 84.3 Å². The number of amides is 11. The Morgan fingerprint density at radius 3 is 1.33 bits per heavy atom. The van der Waals surface area contributed by atoms with Gasteiger partial charge in [0, 0.05) is 19.3 Å². The third kappa shape index (κ3) is 23.9. The number of unbranched alkanes of at least 4 members (excludes halogenated alkanes) is 1. The lowest BCUT2D eigenvalue weighted by atomic mass is 10.0. The number of carboxylic acids is 1. The summed E-state index contributed by atoms with van der Waals surface area (Å²) in [5.41, 5.74) is 22.9. The quantitative estimate of drug-likeness (QED) is 0.0289. The average molecular weight is 1100 g/mol. The van der Waals surface area contributed by atoms with Gasteiger partial charge in [0.15, 0.2) is 6.04 Å². The fraction of sp³-hybridized carbons (Fsp3) is 0.529. The van der Waals surface area contributed by atoms with Crippen molar-refractivity contribution in [2.24, 2.45) is 34.8 Å². The van der Waals surface area contributed by atoms with E-state index in [2.05, 4.69) is 47.9 Å². The molecule has 0 fully saturated rings. The minimum absolute atomic E-state index is 0.0389. The second-order valence-corrected chi connectivity index (χ2v) is 19.2. The highest BCUT2D eigenvalue weighted by atomic mass is 16.4. The van der Waals surface area contributed by atoms with Crippen LogP contribution in [-0.2, 0) is 70.4 Å². The number of carbonyl (C=O) groups is 12. The number of primary amides is 2. The van der Waals surface area contributed by atoms with Crippen molar-refractivity contribution in [3.05, 3.63) is 71.8 Å². The Bertz CT molecular complexity index is 2380. The van der Waals surface area contributed by atoms with Crippen molar-refractivity contribution in [1.29, 1.82) is 0 Å². The van der Waals surface area contributed by atoms with Crippen molar-refractivity contribution >= 4 is 70.9 Å². The van der Waals surface area contributed by atoms with E-state index in [-0.39, 0.29) is 38.6 Å². The predicted molar refractivity (Wildman–Crippen MR) is 282 cm³/mol. The molecule has 9 atom stereocenters. The molecule has 78 heavy (non-hydrogen) atoms. The molecule has 0 aliphatic rings. The molecule has 0 unspecified atom stereocenters. The monoisotopic (exact) mass is 1100 g/mol. The van der Waals surface area contributed by atoms with Crippen LogP contribution in [0.3, 0.4) is 0 Å². The fourth-order valence-corrected chi connectivity index (χ4v) is 7.65. The summed E-state index contributed by atoms with van der Waals surface area (Å²) in [4.78, 5) is 158. The third-order valence-corrected chi connectivity index (χ3v) is 11.9. The number of benzene rings is 2. The van der Waals surface area contributed by atoms with Gasteiger partial charge in [0.1, 0.15) is 42.3 Å². The Morgan fingerprint density at radius 2 is 0.897 bits per heavy atom. The van der Waals surface area contributed by atoms with Gasteiger partial charge < -0.3 is 81.0 Å². The van der Waals surface area contributed by atoms with E-state index in [1.807, 2.05) is 0 Å². The maximum Gasteiger partial charge on any atom is 0.328 e. The molecule has 0 radical (unpaired) electrons. The summed E-state index contributed by atoms with van der Waals surface area (Å²) < 4.78 is 0. The standard InChI is InChI=1S/C51H77N13O14/c1-27(2)41(62-46(72)33(19-20-37(54)66)57-39(68)25-53)49(75)61-36(24-38(55)67)48(74)60-35(23-31-16-10-7-11-17-31)47(73)59-34(22-30-14-8-6-9-15-30)44(70)56-26-40(69)58-32(18-12-13-21-52)45(71)63-42(28(3)4)50(76)64-43(29(5)65)51(77)78/h6-11,14-17,27-29,32-36,41-43,65H,12-13,18-26,52-53H2,1-5H3,(H2,54,66)(H2,55,67)(H,56,70)(H,57,68)(H,58,69)(H,59,73)(H,60,74)(H,61,75)(H,62,72)(H,63,71)(H,64,76)(H,77,78)/t29-,32+,33+,34+,35+,36+,41+,42+,43+/m1/s1. The molecule has 2 aromatic carbocycles. The van der Waals surface area contributed by atoms with Gasteiger partial charge in [-0.15, -0.1) is 0 Å².